The highest BCUT2D eigenvalue weighted by Gasteiger charge is 1.81. The number of nitrogens with two attached hydrogens (primary N) is 2. The largest absolute Gasteiger partial charge is 0.370 e. The summed E-state index contributed by atoms with van der Waals surface area (Å²) in [6.07, 6.45) is 1.56. The summed E-state index contributed by atoms with van der Waals surface area (Å²) in [5, 5.41) is 0. The maximum absolute atomic E-state index is 5.02. The molecule has 0 saturated heterocycles. The van der Waals surface area contributed by atoms with Crippen LogP contribution < -0.4 is 11.5 Å². The van der Waals surface area contributed by atoms with Gasteiger partial charge < -0.3 is 11.5 Å². The van der Waals surface area contributed by atoms with Crippen LogP contribution in [-0.4, -0.2) is 12.2 Å². The lowest BCUT2D eigenvalue weighted by Gasteiger charge is -1.88. The highest BCUT2D eigenvalue weighted by atomic mass is 15.0. The van der Waals surface area contributed by atoms with E-state index in [4.69, 9.17) is 11.5 Å². The topological polar surface area (TPSA) is 76.8 Å². The molecule has 0 rings (SSSR count). The molecule has 0 aliphatic rings. The fourth-order valence-electron chi connectivity index (χ4n) is 0.327. The molecule has 4 nitrogen and oxygen atoms in total. The van der Waals surface area contributed by atoms with Crippen molar-refractivity contribution in [2.24, 2.45) is 21.5 Å². The Morgan fingerprint density at radius 2 is 2.11 bits per heavy atom. The van der Waals surface area contributed by atoms with E-state index in [0.29, 0.717) is 5.82 Å². The van der Waals surface area contributed by atoms with Crippen molar-refractivity contribution < 1.29 is 0 Å². The number of nitrogens with zero attached hydrogens (tertiary/aromatic N) is 2. The number of rotatable bonds is 2. The lowest BCUT2D eigenvalue weighted by Crippen LogP contribution is -2.22. The first kappa shape index (κ1) is 7.68. The molecule has 0 atom stereocenters. The monoisotopic (exact) mass is 126 g/mol. The average Bonchev–Trinajstić information content (AvgIpc) is 1.63. The van der Waals surface area contributed by atoms with E-state index >= 15 is 0 Å². The molecule has 4 N–H and O–H groups in total. The Balaban J connectivity index is 3.93. The highest BCUT2D eigenvalue weighted by Crippen LogP contribution is 1.89. The second-order valence-electron chi connectivity index (χ2n) is 1.34. The second kappa shape index (κ2) is 3.65. The zero-order chi connectivity index (χ0) is 7.28. The van der Waals surface area contributed by atoms with Gasteiger partial charge >= 0.3 is 0 Å². The first-order valence-electron chi connectivity index (χ1n) is 2.44. The molecular formula is C5H10N4. The molecule has 0 fully saturated rings. The van der Waals surface area contributed by atoms with E-state index in [-0.39, 0.29) is 5.96 Å². The molecule has 0 aliphatic carbocycles. The zero-order valence-electron chi connectivity index (χ0n) is 5.33. The van der Waals surface area contributed by atoms with Gasteiger partial charge in [-0.25, -0.2) is 4.99 Å². The molecule has 4 heteroatoms. The Morgan fingerprint density at radius 1 is 1.56 bits per heavy atom. The van der Waals surface area contributed by atoms with Crippen molar-refractivity contribution in [3.63, 3.8) is 0 Å². The Labute approximate surface area is 54.0 Å². The molecule has 0 amide bonds. The van der Waals surface area contributed by atoms with E-state index in [2.05, 4.69) is 16.6 Å². The minimum atomic E-state index is -0.0226. The Morgan fingerprint density at radius 3 is 2.44 bits per heavy atom. The van der Waals surface area contributed by atoms with E-state index < -0.39 is 0 Å². The van der Waals surface area contributed by atoms with E-state index in [1.807, 2.05) is 0 Å². The molecule has 0 radical (unpaired) electrons. The van der Waals surface area contributed by atoms with Crippen LogP contribution in [0.15, 0.2) is 22.4 Å². The summed E-state index contributed by atoms with van der Waals surface area (Å²) in [7, 11) is 0. The molecule has 0 aliphatic heterocycles. The van der Waals surface area contributed by atoms with Gasteiger partial charge in [0.15, 0.2) is 5.96 Å². The van der Waals surface area contributed by atoms with Crippen LogP contribution in [-0.2, 0) is 0 Å². The Hall–Kier alpha value is -1.32. The molecule has 0 unspecified atom stereocenters. The third kappa shape index (κ3) is 4.53. The van der Waals surface area contributed by atoms with Crippen LogP contribution in [0.1, 0.15) is 6.92 Å². The van der Waals surface area contributed by atoms with Gasteiger partial charge in [0, 0.05) is 6.21 Å². The maximum atomic E-state index is 5.02. The Bertz CT molecular complexity index is 152. The van der Waals surface area contributed by atoms with Crippen LogP contribution in [0.2, 0.25) is 0 Å². The summed E-state index contributed by atoms with van der Waals surface area (Å²) in [4.78, 5) is 7.24. The fraction of sp³-hybridized carbons (Fsp3) is 0.200. The molecule has 0 heterocycles. The molecule has 0 aromatic heterocycles. The maximum Gasteiger partial charge on any atom is 0.192 e. The van der Waals surface area contributed by atoms with Crippen LogP contribution in [0.5, 0.6) is 0 Å². The molecule has 0 aromatic carbocycles. The standard InChI is InChI=1S/C5H10N4/c1-3-8-4(2)9-5(6)7/h3H,2H2,1H3,(H4,6,7,9). The van der Waals surface area contributed by atoms with Gasteiger partial charge in [0.2, 0.25) is 0 Å². The quantitative estimate of drug-likeness (QED) is 0.398. The van der Waals surface area contributed by atoms with Crippen molar-refractivity contribution in [2.75, 3.05) is 0 Å². The number of hydrogen-bond acceptors (Lipinski definition) is 2. The first-order chi connectivity index (χ1) is 4.16. The predicted molar refractivity (Wildman–Crippen MR) is 39.1 cm³/mol. The van der Waals surface area contributed by atoms with E-state index in [1.165, 1.54) is 0 Å². The summed E-state index contributed by atoms with van der Waals surface area (Å²) in [5.74, 6) is 0.295. The number of aliphatic imine (C=N–C) groups is 2. The van der Waals surface area contributed by atoms with Gasteiger partial charge in [-0.3, -0.25) is 0 Å². The van der Waals surface area contributed by atoms with Crippen molar-refractivity contribution >= 4 is 12.2 Å². The van der Waals surface area contributed by atoms with Crippen molar-refractivity contribution in [3.05, 3.63) is 12.4 Å². The van der Waals surface area contributed by atoms with Crippen molar-refractivity contribution in [3.8, 4) is 0 Å². The smallest absolute Gasteiger partial charge is 0.192 e. The van der Waals surface area contributed by atoms with Crippen LogP contribution in [0.4, 0.5) is 0 Å². The number of guanidine groups is 1. The van der Waals surface area contributed by atoms with Crippen LogP contribution >= 0.6 is 0 Å². The lowest BCUT2D eigenvalue weighted by molar-refractivity contribution is 1.24. The minimum absolute atomic E-state index is 0.0226. The molecule has 0 saturated carbocycles. The van der Waals surface area contributed by atoms with Gasteiger partial charge in [0.05, 0.1) is 0 Å². The fourth-order valence-corrected chi connectivity index (χ4v) is 0.327. The van der Waals surface area contributed by atoms with Crippen molar-refractivity contribution in [2.45, 2.75) is 6.92 Å². The lowest BCUT2D eigenvalue weighted by atomic mass is 10.8. The van der Waals surface area contributed by atoms with Crippen molar-refractivity contribution in [1.29, 1.82) is 0 Å². The third-order valence-corrected chi connectivity index (χ3v) is 0.536. The molecule has 0 spiro atoms. The SMILES string of the molecule is C=C(N=CC)N=C(N)N. The molecule has 50 valence electrons. The van der Waals surface area contributed by atoms with Gasteiger partial charge in [-0.15, -0.1) is 0 Å². The highest BCUT2D eigenvalue weighted by molar-refractivity contribution is 5.76. The summed E-state index contributed by atoms with van der Waals surface area (Å²) in [6, 6.07) is 0. The molecule has 9 heavy (non-hydrogen) atoms. The van der Waals surface area contributed by atoms with Crippen LogP contribution in [0, 0.1) is 0 Å². The van der Waals surface area contributed by atoms with Gasteiger partial charge in [-0.05, 0) is 6.92 Å². The van der Waals surface area contributed by atoms with E-state index in [0.717, 1.165) is 0 Å². The van der Waals surface area contributed by atoms with Gasteiger partial charge in [-0.2, -0.15) is 4.99 Å². The Kier molecular flexibility index (Phi) is 3.12. The predicted octanol–water partition coefficient (Wildman–Crippen LogP) is -0.178. The first-order valence-corrected chi connectivity index (χ1v) is 2.44. The van der Waals surface area contributed by atoms with Crippen LogP contribution in [0.25, 0.3) is 0 Å². The average molecular weight is 126 g/mol. The summed E-state index contributed by atoms with van der Waals surface area (Å²) >= 11 is 0. The van der Waals surface area contributed by atoms with Crippen molar-refractivity contribution in [1.82, 2.24) is 0 Å². The van der Waals surface area contributed by atoms with E-state index in [1.54, 1.807) is 13.1 Å². The summed E-state index contributed by atoms with van der Waals surface area (Å²) in [5.41, 5.74) is 10.0. The summed E-state index contributed by atoms with van der Waals surface area (Å²) < 4.78 is 0. The normalized spacial score (nSPS) is 9.44. The van der Waals surface area contributed by atoms with Gasteiger partial charge in [0.1, 0.15) is 5.82 Å². The second-order valence-corrected chi connectivity index (χ2v) is 1.34. The minimum Gasteiger partial charge on any atom is -0.370 e. The van der Waals surface area contributed by atoms with Gasteiger partial charge in [-0.1, -0.05) is 6.58 Å². The van der Waals surface area contributed by atoms with E-state index in [9.17, 15) is 0 Å². The zero-order valence-corrected chi connectivity index (χ0v) is 5.33. The molecule has 0 aromatic rings. The van der Waals surface area contributed by atoms with Crippen LogP contribution in [0.3, 0.4) is 0 Å². The number of hydrogen-bond donors (Lipinski definition) is 2. The third-order valence-electron chi connectivity index (χ3n) is 0.536. The molecule has 0 bridgehead atoms. The summed E-state index contributed by atoms with van der Waals surface area (Å²) in [6.45, 7) is 5.20. The molecular weight excluding hydrogens is 116 g/mol. The van der Waals surface area contributed by atoms with Gasteiger partial charge in [0.25, 0.3) is 0 Å².